The van der Waals surface area contributed by atoms with Crippen molar-refractivity contribution in [3.05, 3.63) is 59.7 Å². The average molecular weight is 493 g/mol. The second kappa shape index (κ2) is 10.9. The number of halogens is 3. The topological polar surface area (TPSA) is 117 Å². The van der Waals surface area contributed by atoms with Gasteiger partial charge in [0, 0.05) is 5.56 Å². The van der Waals surface area contributed by atoms with E-state index in [1.807, 2.05) is 0 Å². The Kier molecular flexibility index (Phi) is 8.13. The lowest BCUT2D eigenvalue weighted by molar-refractivity contribution is -0.147. The molecule has 2 aromatic rings. The van der Waals surface area contributed by atoms with Gasteiger partial charge in [-0.3, -0.25) is 9.59 Å². The van der Waals surface area contributed by atoms with Gasteiger partial charge in [0.05, 0.1) is 19.3 Å². The minimum Gasteiger partial charge on any atom is -0.467 e. The number of carbonyl (C=O) groups is 3. The van der Waals surface area contributed by atoms with E-state index >= 15 is 0 Å². The van der Waals surface area contributed by atoms with Crippen LogP contribution in [0, 0.1) is 0 Å². The number of alkyl halides is 3. The van der Waals surface area contributed by atoms with Crippen molar-refractivity contribution in [1.29, 1.82) is 0 Å². The minimum atomic E-state index is -4.49. The van der Waals surface area contributed by atoms with Crippen LogP contribution in [0.25, 0.3) is 11.1 Å². The molecule has 35 heavy (non-hydrogen) atoms. The summed E-state index contributed by atoms with van der Waals surface area (Å²) in [6, 6.07) is 9.52. The van der Waals surface area contributed by atoms with Gasteiger partial charge in [-0.1, -0.05) is 30.3 Å². The zero-order valence-corrected chi connectivity index (χ0v) is 18.9. The Morgan fingerprint density at radius 3 is 2.29 bits per heavy atom. The van der Waals surface area contributed by atoms with E-state index in [9.17, 15) is 32.7 Å². The Morgan fingerprint density at radius 1 is 1.09 bits per heavy atom. The average Bonchev–Trinajstić information content (AvgIpc) is 2.86. The van der Waals surface area contributed by atoms with Crippen LogP contribution in [0.15, 0.2) is 48.5 Å². The number of aliphatic hydroxyl groups excluding tert-OH is 1. The molecular formula is C24H26F3N3O5. The van der Waals surface area contributed by atoms with E-state index in [-0.39, 0.29) is 18.4 Å². The summed E-state index contributed by atoms with van der Waals surface area (Å²) in [5.74, 6) is -2.08. The van der Waals surface area contributed by atoms with Gasteiger partial charge in [-0.25, -0.2) is 4.79 Å². The Hall–Kier alpha value is -3.44. The standard InChI is InChI=1S/C24H26F3N3O5/c1-35-21(33)19(14-31)29-22(34)23(10-12-28-13-11-23)30-20(32)18-5-3-2-4-17(18)15-6-8-16(9-7-15)24(25,26)27/h2-9,19,28,31H,10-14H2,1H3,(H,29,34)(H,30,32). The van der Waals surface area contributed by atoms with E-state index in [1.165, 1.54) is 18.2 Å². The molecule has 0 aromatic heterocycles. The quantitative estimate of drug-likeness (QED) is 0.438. The van der Waals surface area contributed by atoms with Gasteiger partial charge in [0.1, 0.15) is 5.54 Å². The number of hydrogen-bond donors (Lipinski definition) is 4. The molecule has 1 saturated heterocycles. The summed E-state index contributed by atoms with van der Waals surface area (Å²) >= 11 is 0. The number of hydrogen-bond acceptors (Lipinski definition) is 6. The third-order valence-electron chi connectivity index (χ3n) is 5.91. The number of amides is 2. The molecule has 8 nitrogen and oxygen atoms in total. The van der Waals surface area contributed by atoms with Gasteiger partial charge in [0.25, 0.3) is 5.91 Å². The van der Waals surface area contributed by atoms with Crippen molar-refractivity contribution < 1.29 is 37.4 Å². The van der Waals surface area contributed by atoms with Gasteiger partial charge in [-0.2, -0.15) is 13.2 Å². The fourth-order valence-electron chi connectivity index (χ4n) is 3.94. The largest absolute Gasteiger partial charge is 0.467 e. The first-order chi connectivity index (χ1) is 16.6. The van der Waals surface area contributed by atoms with Gasteiger partial charge < -0.3 is 25.8 Å². The van der Waals surface area contributed by atoms with Gasteiger partial charge in [-0.05, 0) is 55.3 Å². The zero-order valence-electron chi connectivity index (χ0n) is 18.9. The predicted octanol–water partition coefficient (Wildman–Crippen LogP) is 1.87. The van der Waals surface area contributed by atoms with Crippen LogP contribution in [0.2, 0.25) is 0 Å². The van der Waals surface area contributed by atoms with Crippen LogP contribution in [0.4, 0.5) is 13.2 Å². The molecule has 0 saturated carbocycles. The molecule has 2 aromatic carbocycles. The number of aliphatic hydroxyl groups is 1. The molecule has 1 aliphatic heterocycles. The Balaban J connectivity index is 1.89. The molecule has 0 bridgehead atoms. The minimum absolute atomic E-state index is 0.171. The first-order valence-corrected chi connectivity index (χ1v) is 10.9. The van der Waals surface area contributed by atoms with Crippen LogP contribution in [0.1, 0.15) is 28.8 Å². The third-order valence-corrected chi connectivity index (χ3v) is 5.91. The highest BCUT2D eigenvalue weighted by molar-refractivity contribution is 6.04. The SMILES string of the molecule is COC(=O)C(CO)NC(=O)C1(NC(=O)c2ccccc2-c2ccc(C(F)(F)F)cc2)CCNCC1. The summed E-state index contributed by atoms with van der Waals surface area (Å²) in [4.78, 5) is 38.4. The van der Waals surface area contributed by atoms with E-state index in [0.29, 0.717) is 24.2 Å². The van der Waals surface area contributed by atoms with Crippen molar-refractivity contribution in [2.24, 2.45) is 0 Å². The number of nitrogens with one attached hydrogen (secondary N) is 3. The van der Waals surface area contributed by atoms with Crippen molar-refractivity contribution in [2.45, 2.75) is 30.6 Å². The molecule has 0 radical (unpaired) electrons. The van der Waals surface area contributed by atoms with Crippen molar-refractivity contribution in [2.75, 3.05) is 26.8 Å². The Labute approximate surface area is 199 Å². The van der Waals surface area contributed by atoms with E-state index in [1.54, 1.807) is 18.2 Å². The Bertz CT molecular complexity index is 1070. The fourth-order valence-corrected chi connectivity index (χ4v) is 3.94. The monoisotopic (exact) mass is 493 g/mol. The number of rotatable bonds is 7. The number of methoxy groups -OCH3 is 1. The van der Waals surface area contributed by atoms with E-state index < -0.39 is 47.7 Å². The summed E-state index contributed by atoms with van der Waals surface area (Å²) in [5, 5.41) is 17.8. The highest BCUT2D eigenvalue weighted by Crippen LogP contribution is 2.32. The van der Waals surface area contributed by atoms with Crippen LogP contribution >= 0.6 is 0 Å². The fraction of sp³-hybridized carbons (Fsp3) is 0.375. The summed E-state index contributed by atoms with van der Waals surface area (Å²) in [5.41, 5.74) is -1.22. The highest BCUT2D eigenvalue weighted by atomic mass is 19.4. The van der Waals surface area contributed by atoms with Crippen LogP contribution in [0.5, 0.6) is 0 Å². The molecule has 0 aliphatic carbocycles. The van der Waals surface area contributed by atoms with Crippen molar-refractivity contribution in [1.82, 2.24) is 16.0 Å². The molecule has 3 rings (SSSR count). The molecule has 188 valence electrons. The molecule has 1 atom stereocenters. The number of benzene rings is 2. The van der Waals surface area contributed by atoms with E-state index in [4.69, 9.17) is 0 Å². The predicted molar refractivity (Wildman–Crippen MR) is 120 cm³/mol. The van der Waals surface area contributed by atoms with Gasteiger partial charge in [-0.15, -0.1) is 0 Å². The summed E-state index contributed by atoms with van der Waals surface area (Å²) in [6.07, 6.45) is -4.06. The first kappa shape index (κ1) is 26.2. The number of piperidine rings is 1. The Morgan fingerprint density at radius 2 is 1.71 bits per heavy atom. The van der Waals surface area contributed by atoms with Crippen molar-refractivity contribution in [3.8, 4) is 11.1 Å². The molecule has 4 N–H and O–H groups in total. The maximum atomic E-state index is 13.4. The van der Waals surface area contributed by atoms with Crippen molar-refractivity contribution in [3.63, 3.8) is 0 Å². The lowest BCUT2D eigenvalue weighted by Crippen LogP contribution is -2.65. The van der Waals surface area contributed by atoms with Crippen LogP contribution in [-0.4, -0.2) is 61.3 Å². The molecule has 0 spiro atoms. The number of ether oxygens (including phenoxy) is 1. The first-order valence-electron chi connectivity index (χ1n) is 10.9. The molecule has 11 heteroatoms. The second-order valence-electron chi connectivity index (χ2n) is 8.14. The smallest absolute Gasteiger partial charge is 0.416 e. The zero-order chi connectivity index (χ0) is 25.6. The third kappa shape index (κ3) is 5.98. The van der Waals surface area contributed by atoms with Gasteiger partial charge >= 0.3 is 12.1 Å². The summed E-state index contributed by atoms with van der Waals surface area (Å²) in [7, 11) is 1.12. The highest BCUT2D eigenvalue weighted by Gasteiger charge is 2.43. The molecule has 1 heterocycles. The van der Waals surface area contributed by atoms with Crippen molar-refractivity contribution >= 4 is 17.8 Å². The van der Waals surface area contributed by atoms with Crippen LogP contribution < -0.4 is 16.0 Å². The maximum Gasteiger partial charge on any atom is 0.416 e. The lowest BCUT2D eigenvalue weighted by atomic mass is 9.86. The van der Waals surface area contributed by atoms with E-state index in [2.05, 4.69) is 20.7 Å². The van der Waals surface area contributed by atoms with Crippen LogP contribution in [0.3, 0.4) is 0 Å². The molecule has 1 unspecified atom stereocenters. The molecule has 1 aliphatic rings. The lowest BCUT2D eigenvalue weighted by Gasteiger charge is -2.37. The van der Waals surface area contributed by atoms with Crippen LogP contribution in [-0.2, 0) is 20.5 Å². The second-order valence-corrected chi connectivity index (χ2v) is 8.14. The maximum absolute atomic E-state index is 13.4. The molecular weight excluding hydrogens is 467 g/mol. The summed E-state index contributed by atoms with van der Waals surface area (Å²) < 4.78 is 43.4. The molecule has 1 fully saturated rings. The summed E-state index contributed by atoms with van der Waals surface area (Å²) in [6.45, 7) is 0.143. The normalized spacial score (nSPS) is 16.1. The number of carbonyl (C=O) groups excluding carboxylic acids is 3. The van der Waals surface area contributed by atoms with E-state index in [0.717, 1.165) is 19.2 Å². The number of esters is 1. The molecule has 2 amide bonds. The van der Waals surface area contributed by atoms with Gasteiger partial charge in [0.15, 0.2) is 6.04 Å². The van der Waals surface area contributed by atoms with Gasteiger partial charge in [0.2, 0.25) is 5.91 Å².